The fourth-order valence-electron chi connectivity index (χ4n) is 3.30. The van der Waals surface area contributed by atoms with Gasteiger partial charge < -0.3 is 14.5 Å². The Kier molecular flexibility index (Phi) is 5.80. The number of aryl methyl sites for hydroxylation is 2. The summed E-state index contributed by atoms with van der Waals surface area (Å²) in [5.41, 5.74) is 3.23. The van der Waals surface area contributed by atoms with Gasteiger partial charge in [0.2, 0.25) is 5.91 Å². The quantitative estimate of drug-likeness (QED) is 0.471. The summed E-state index contributed by atoms with van der Waals surface area (Å²) in [5, 5.41) is 5.19. The number of aromatic nitrogens is 1. The van der Waals surface area contributed by atoms with Gasteiger partial charge in [-0.2, -0.15) is 0 Å². The molecular weight excluding hydrogens is 376 g/mol. The van der Waals surface area contributed by atoms with Crippen LogP contribution in [0.5, 0.6) is 5.75 Å². The summed E-state index contributed by atoms with van der Waals surface area (Å²) in [6.45, 7) is 2.53. The second-order valence-corrected chi connectivity index (χ2v) is 7.31. The highest BCUT2D eigenvalue weighted by molar-refractivity contribution is 5.84. The van der Waals surface area contributed by atoms with E-state index in [9.17, 15) is 4.79 Å². The number of amides is 1. The first kappa shape index (κ1) is 19.7. The van der Waals surface area contributed by atoms with Crippen LogP contribution < -0.4 is 10.1 Å². The van der Waals surface area contributed by atoms with Gasteiger partial charge in [0.15, 0.2) is 11.7 Å². The molecule has 4 aromatic rings. The zero-order chi connectivity index (χ0) is 20.9. The zero-order valence-electron chi connectivity index (χ0n) is 17.1. The molecule has 0 radical (unpaired) electrons. The molecule has 30 heavy (non-hydrogen) atoms. The average Bonchev–Trinajstić information content (AvgIpc) is 3.25. The number of fused-ring (bicyclic) bond motifs is 1. The molecule has 0 aliphatic heterocycles. The summed E-state index contributed by atoms with van der Waals surface area (Å²) in [5.74, 6) is 2.10. The third-order valence-electron chi connectivity index (χ3n) is 5.06. The predicted molar refractivity (Wildman–Crippen MR) is 117 cm³/mol. The minimum absolute atomic E-state index is 0.0279. The fourth-order valence-corrected chi connectivity index (χ4v) is 3.30. The predicted octanol–water partition coefficient (Wildman–Crippen LogP) is 5.06. The van der Waals surface area contributed by atoms with Crippen LogP contribution >= 0.6 is 0 Å². The van der Waals surface area contributed by atoms with Crippen molar-refractivity contribution < 1.29 is 13.9 Å². The van der Waals surface area contributed by atoms with E-state index in [1.54, 1.807) is 13.3 Å². The zero-order valence-corrected chi connectivity index (χ0v) is 17.1. The highest BCUT2D eigenvalue weighted by atomic mass is 16.5. The fraction of sp³-hybridized carbons (Fsp3) is 0.200. The Labute approximate surface area is 175 Å². The van der Waals surface area contributed by atoms with E-state index >= 15 is 0 Å². The minimum Gasteiger partial charge on any atom is -0.497 e. The first-order valence-electron chi connectivity index (χ1n) is 9.96. The molecule has 0 fully saturated rings. The van der Waals surface area contributed by atoms with Crippen molar-refractivity contribution in [2.45, 2.75) is 26.3 Å². The van der Waals surface area contributed by atoms with E-state index in [0.717, 1.165) is 33.4 Å². The van der Waals surface area contributed by atoms with E-state index in [1.807, 2.05) is 61.5 Å². The number of hydrogen-bond acceptors (Lipinski definition) is 4. The van der Waals surface area contributed by atoms with E-state index in [0.29, 0.717) is 25.3 Å². The molecule has 0 unspecified atom stereocenters. The first-order valence-corrected chi connectivity index (χ1v) is 9.96. The van der Waals surface area contributed by atoms with Crippen LogP contribution in [0.15, 0.2) is 71.3 Å². The maximum Gasteiger partial charge on any atom is 0.220 e. The van der Waals surface area contributed by atoms with Crippen LogP contribution in [0, 0.1) is 6.92 Å². The molecule has 1 amide bonds. The summed E-state index contributed by atoms with van der Waals surface area (Å²) in [4.78, 5) is 16.6. The van der Waals surface area contributed by atoms with Crippen molar-refractivity contribution >= 4 is 16.7 Å². The van der Waals surface area contributed by atoms with Crippen LogP contribution in [0.1, 0.15) is 23.4 Å². The molecule has 1 N–H and O–H groups in total. The number of nitrogens with zero attached hydrogens (tertiary/aromatic N) is 1. The van der Waals surface area contributed by atoms with Gasteiger partial charge in [0.1, 0.15) is 5.75 Å². The number of methoxy groups -OCH3 is 1. The normalized spacial score (nSPS) is 10.9. The maximum atomic E-state index is 12.3. The van der Waals surface area contributed by atoms with Gasteiger partial charge in [-0.05, 0) is 41.5 Å². The molecule has 5 nitrogen and oxygen atoms in total. The van der Waals surface area contributed by atoms with E-state index in [1.165, 1.54) is 5.56 Å². The number of oxazole rings is 1. The van der Waals surface area contributed by atoms with Crippen LogP contribution in [0.25, 0.3) is 22.1 Å². The molecule has 1 aromatic heterocycles. The van der Waals surface area contributed by atoms with Crippen LogP contribution in [0.4, 0.5) is 0 Å². The van der Waals surface area contributed by atoms with Gasteiger partial charge >= 0.3 is 0 Å². The minimum atomic E-state index is -0.0279. The van der Waals surface area contributed by atoms with Gasteiger partial charge in [-0.15, -0.1) is 0 Å². The van der Waals surface area contributed by atoms with Gasteiger partial charge in [-0.25, -0.2) is 4.98 Å². The molecule has 0 saturated carbocycles. The second-order valence-electron chi connectivity index (χ2n) is 7.31. The van der Waals surface area contributed by atoms with Crippen LogP contribution in [0.2, 0.25) is 0 Å². The molecule has 4 rings (SSSR count). The summed E-state index contributed by atoms with van der Waals surface area (Å²) in [7, 11) is 1.66. The monoisotopic (exact) mass is 400 g/mol. The summed E-state index contributed by atoms with van der Waals surface area (Å²) in [6, 6.07) is 20.2. The molecule has 152 valence electrons. The smallest absolute Gasteiger partial charge is 0.220 e. The molecule has 5 heteroatoms. The molecule has 0 saturated heterocycles. The number of carbonyl (C=O) groups is 1. The lowest BCUT2D eigenvalue weighted by atomic mass is 10.1. The molecule has 0 bridgehead atoms. The molecule has 0 aliphatic carbocycles. The lowest BCUT2D eigenvalue weighted by Gasteiger charge is -2.07. The lowest BCUT2D eigenvalue weighted by Crippen LogP contribution is -2.23. The van der Waals surface area contributed by atoms with Crippen molar-refractivity contribution in [3.05, 3.63) is 83.9 Å². The van der Waals surface area contributed by atoms with Crippen molar-refractivity contribution in [1.82, 2.24) is 10.3 Å². The van der Waals surface area contributed by atoms with Crippen LogP contribution in [-0.2, 0) is 17.8 Å². The van der Waals surface area contributed by atoms with E-state index in [-0.39, 0.29) is 5.91 Å². The van der Waals surface area contributed by atoms with Crippen molar-refractivity contribution in [2.24, 2.45) is 0 Å². The van der Waals surface area contributed by atoms with Crippen molar-refractivity contribution in [3.8, 4) is 17.1 Å². The number of ether oxygens (including phenoxy) is 1. The topological polar surface area (TPSA) is 64.4 Å². The summed E-state index contributed by atoms with van der Waals surface area (Å²) in [6.07, 6.45) is 2.51. The van der Waals surface area contributed by atoms with Gasteiger partial charge in [-0.3, -0.25) is 4.79 Å². The SMILES string of the molecule is COc1ccc2cc(CNC(=O)CCc3ncc(-c4ccc(C)cc4)o3)ccc2c1. The third-order valence-corrected chi connectivity index (χ3v) is 5.06. The Balaban J connectivity index is 1.30. The number of hydrogen-bond donors (Lipinski definition) is 1. The Hall–Kier alpha value is -3.60. The highest BCUT2D eigenvalue weighted by Gasteiger charge is 2.09. The molecule has 1 heterocycles. The molecule has 0 atom stereocenters. The Morgan fingerprint density at radius 3 is 2.60 bits per heavy atom. The van der Waals surface area contributed by atoms with Gasteiger partial charge in [0.05, 0.1) is 13.3 Å². The highest BCUT2D eigenvalue weighted by Crippen LogP contribution is 2.22. The number of benzene rings is 3. The molecular formula is C25H24N2O3. The van der Waals surface area contributed by atoms with E-state index in [2.05, 4.69) is 16.4 Å². The molecule has 3 aromatic carbocycles. The summed E-state index contributed by atoms with van der Waals surface area (Å²) < 4.78 is 11.0. The second kappa shape index (κ2) is 8.82. The van der Waals surface area contributed by atoms with Crippen molar-refractivity contribution in [3.63, 3.8) is 0 Å². The summed E-state index contributed by atoms with van der Waals surface area (Å²) >= 11 is 0. The van der Waals surface area contributed by atoms with Crippen molar-refractivity contribution in [1.29, 1.82) is 0 Å². The number of carbonyl (C=O) groups excluding carboxylic acids is 1. The van der Waals surface area contributed by atoms with E-state index < -0.39 is 0 Å². The van der Waals surface area contributed by atoms with Crippen LogP contribution in [-0.4, -0.2) is 18.0 Å². The Bertz CT molecular complexity index is 1160. The largest absolute Gasteiger partial charge is 0.497 e. The molecule has 0 spiro atoms. The first-order chi connectivity index (χ1) is 14.6. The van der Waals surface area contributed by atoms with Gasteiger partial charge in [-0.1, -0.05) is 48.0 Å². The molecule has 0 aliphatic rings. The Morgan fingerprint density at radius 2 is 1.80 bits per heavy atom. The third kappa shape index (κ3) is 4.69. The Morgan fingerprint density at radius 1 is 1.03 bits per heavy atom. The lowest BCUT2D eigenvalue weighted by molar-refractivity contribution is -0.121. The number of rotatable bonds is 7. The maximum absolute atomic E-state index is 12.3. The van der Waals surface area contributed by atoms with Crippen LogP contribution in [0.3, 0.4) is 0 Å². The van der Waals surface area contributed by atoms with E-state index in [4.69, 9.17) is 9.15 Å². The van der Waals surface area contributed by atoms with Gasteiger partial charge in [0, 0.05) is 24.9 Å². The number of nitrogens with one attached hydrogen (secondary N) is 1. The van der Waals surface area contributed by atoms with Gasteiger partial charge in [0.25, 0.3) is 0 Å². The van der Waals surface area contributed by atoms with Crippen molar-refractivity contribution in [2.75, 3.05) is 7.11 Å². The standard InChI is InChI=1S/C25H24N2O3/c1-17-3-6-19(7-4-17)23-16-27-25(30-23)12-11-24(28)26-15-18-5-8-21-14-22(29-2)10-9-20(21)13-18/h3-10,13-14,16H,11-12,15H2,1-2H3,(H,26,28). The average molecular weight is 400 g/mol.